The molecule has 3 amide bonds. The Morgan fingerprint density at radius 1 is 1.03 bits per heavy atom. The number of hydrogen-bond donors (Lipinski definition) is 1. The highest BCUT2D eigenvalue weighted by atomic mass is 19.4. The average Bonchev–Trinajstić information content (AvgIpc) is 3.38. The molecular formula is C24H19F3N2O3. The van der Waals surface area contributed by atoms with Crippen molar-refractivity contribution in [1.82, 2.24) is 0 Å². The van der Waals surface area contributed by atoms with E-state index < -0.39 is 17.6 Å². The van der Waals surface area contributed by atoms with Crippen molar-refractivity contribution in [3.8, 4) is 0 Å². The molecule has 1 N–H and O–H groups in total. The first-order valence-corrected chi connectivity index (χ1v) is 10.3. The molecule has 0 spiro atoms. The van der Waals surface area contributed by atoms with Gasteiger partial charge in [-0.2, -0.15) is 13.2 Å². The summed E-state index contributed by atoms with van der Waals surface area (Å²) < 4.78 is 39.7. The van der Waals surface area contributed by atoms with Crippen LogP contribution in [0.5, 0.6) is 0 Å². The van der Waals surface area contributed by atoms with Crippen LogP contribution in [0.3, 0.4) is 0 Å². The molecule has 3 aliphatic rings. The molecule has 164 valence electrons. The van der Waals surface area contributed by atoms with Gasteiger partial charge in [-0.25, -0.2) is 4.90 Å². The van der Waals surface area contributed by atoms with E-state index in [1.54, 1.807) is 6.07 Å². The molecule has 1 aliphatic heterocycles. The lowest BCUT2D eigenvalue weighted by atomic mass is 9.82. The molecule has 0 aromatic heterocycles. The topological polar surface area (TPSA) is 66.5 Å². The number of hydrogen-bond acceptors (Lipinski definition) is 3. The van der Waals surface area contributed by atoms with Gasteiger partial charge in [0.2, 0.25) is 11.8 Å². The number of carbonyl (C=O) groups excluding carboxylic acids is 3. The van der Waals surface area contributed by atoms with E-state index in [1.165, 1.54) is 36.4 Å². The maximum atomic E-state index is 13.2. The molecule has 0 unspecified atom stereocenters. The molecule has 2 aromatic carbocycles. The molecule has 4 atom stereocenters. The average molecular weight is 440 g/mol. The molecule has 2 aliphatic carbocycles. The van der Waals surface area contributed by atoms with Gasteiger partial charge in [-0.05, 0) is 55.5 Å². The zero-order valence-electron chi connectivity index (χ0n) is 17.0. The standard InChI is InChI=1S/C24H19F3N2O3/c1-12-9-14-11-16(12)20-19(14)22(31)29(23(20)32)15-6-4-5-13(10-15)21(30)28-18-8-3-2-7-17(18)24(25,26)27/h2-10,14,16,19-20H,11H2,1H3,(H,28,30)/t14-,16+,19+,20+/m0/s1. The molecule has 5 rings (SSSR count). The van der Waals surface area contributed by atoms with Crippen LogP contribution in [-0.2, 0) is 15.8 Å². The zero-order chi connectivity index (χ0) is 22.8. The second-order valence-electron chi connectivity index (χ2n) is 8.53. The number of anilines is 2. The predicted molar refractivity (Wildman–Crippen MR) is 111 cm³/mol. The van der Waals surface area contributed by atoms with E-state index in [-0.39, 0.29) is 52.4 Å². The van der Waals surface area contributed by atoms with E-state index in [2.05, 4.69) is 11.4 Å². The minimum absolute atomic E-state index is 0.0504. The van der Waals surface area contributed by atoms with Crippen molar-refractivity contribution in [2.75, 3.05) is 10.2 Å². The number of benzene rings is 2. The Morgan fingerprint density at radius 2 is 1.75 bits per heavy atom. The van der Waals surface area contributed by atoms with E-state index in [0.29, 0.717) is 0 Å². The number of para-hydroxylation sites is 1. The third kappa shape index (κ3) is 3.04. The summed E-state index contributed by atoms with van der Waals surface area (Å²) in [6, 6.07) is 10.5. The molecule has 2 aromatic rings. The third-order valence-electron chi connectivity index (χ3n) is 6.73. The molecule has 2 bridgehead atoms. The first-order chi connectivity index (χ1) is 15.2. The molecular weight excluding hydrogens is 421 g/mol. The van der Waals surface area contributed by atoms with Gasteiger partial charge in [-0.15, -0.1) is 0 Å². The lowest BCUT2D eigenvalue weighted by molar-refractivity contribution is -0.137. The van der Waals surface area contributed by atoms with Crippen molar-refractivity contribution in [1.29, 1.82) is 0 Å². The third-order valence-corrected chi connectivity index (χ3v) is 6.73. The highest BCUT2D eigenvalue weighted by Crippen LogP contribution is 2.55. The lowest BCUT2D eigenvalue weighted by Gasteiger charge is -2.19. The van der Waals surface area contributed by atoms with Crippen molar-refractivity contribution in [2.24, 2.45) is 23.7 Å². The van der Waals surface area contributed by atoms with Crippen molar-refractivity contribution < 1.29 is 27.6 Å². The van der Waals surface area contributed by atoms with Crippen LogP contribution in [0, 0.1) is 23.7 Å². The van der Waals surface area contributed by atoms with E-state index in [4.69, 9.17) is 0 Å². The van der Waals surface area contributed by atoms with Crippen LogP contribution in [0.1, 0.15) is 29.3 Å². The molecule has 32 heavy (non-hydrogen) atoms. The Kier molecular flexibility index (Phi) is 4.51. The molecule has 1 saturated heterocycles. The maximum Gasteiger partial charge on any atom is 0.418 e. The quantitative estimate of drug-likeness (QED) is 0.558. The lowest BCUT2D eigenvalue weighted by Crippen LogP contribution is -2.33. The zero-order valence-corrected chi connectivity index (χ0v) is 17.0. The van der Waals surface area contributed by atoms with Gasteiger partial charge in [0.1, 0.15) is 0 Å². The normalized spacial score (nSPS) is 26.4. The smallest absolute Gasteiger partial charge is 0.321 e. The SMILES string of the molecule is CC1=C[C@H]2C[C@H]1[C@H]1C(=O)N(c3cccc(C(=O)Nc4ccccc4C(F)(F)F)c3)C(=O)[C@@H]12. The number of alkyl halides is 3. The summed E-state index contributed by atoms with van der Waals surface area (Å²) in [5.41, 5.74) is 0.116. The summed E-state index contributed by atoms with van der Waals surface area (Å²) in [7, 11) is 0. The van der Waals surface area contributed by atoms with Gasteiger partial charge >= 0.3 is 6.18 Å². The largest absolute Gasteiger partial charge is 0.418 e. The van der Waals surface area contributed by atoms with E-state index in [1.807, 2.05) is 6.92 Å². The number of halogens is 3. The number of nitrogens with one attached hydrogen (secondary N) is 1. The molecule has 2 fully saturated rings. The summed E-state index contributed by atoms with van der Waals surface area (Å²) in [5, 5.41) is 2.29. The number of allylic oxidation sites excluding steroid dienone is 2. The van der Waals surface area contributed by atoms with Gasteiger partial charge < -0.3 is 5.32 Å². The second-order valence-corrected chi connectivity index (χ2v) is 8.53. The highest BCUT2D eigenvalue weighted by molar-refractivity contribution is 6.23. The summed E-state index contributed by atoms with van der Waals surface area (Å²) >= 11 is 0. The van der Waals surface area contributed by atoms with Crippen LogP contribution in [0.4, 0.5) is 24.5 Å². The Bertz CT molecular complexity index is 1190. The Hall–Kier alpha value is -3.42. The monoisotopic (exact) mass is 440 g/mol. The van der Waals surface area contributed by atoms with Crippen molar-refractivity contribution in [3.63, 3.8) is 0 Å². The van der Waals surface area contributed by atoms with Crippen LogP contribution < -0.4 is 10.2 Å². The van der Waals surface area contributed by atoms with Crippen molar-refractivity contribution in [2.45, 2.75) is 19.5 Å². The predicted octanol–water partition coefficient (Wildman–Crippen LogP) is 4.66. The highest BCUT2D eigenvalue weighted by Gasteiger charge is 2.60. The fraction of sp³-hybridized carbons (Fsp3) is 0.292. The van der Waals surface area contributed by atoms with Gasteiger partial charge in [-0.3, -0.25) is 14.4 Å². The van der Waals surface area contributed by atoms with Gasteiger partial charge in [0.15, 0.2) is 0 Å². The van der Waals surface area contributed by atoms with E-state index in [9.17, 15) is 27.6 Å². The first-order valence-electron chi connectivity index (χ1n) is 10.3. The summed E-state index contributed by atoms with van der Waals surface area (Å²) in [5.74, 6) is -1.97. The van der Waals surface area contributed by atoms with Gasteiger partial charge in [0, 0.05) is 5.56 Å². The van der Waals surface area contributed by atoms with Gasteiger partial charge in [0.25, 0.3) is 5.91 Å². The van der Waals surface area contributed by atoms with Crippen LogP contribution in [-0.4, -0.2) is 17.7 Å². The minimum atomic E-state index is -4.62. The molecule has 1 heterocycles. The van der Waals surface area contributed by atoms with Crippen LogP contribution >= 0.6 is 0 Å². The summed E-state index contributed by atoms with van der Waals surface area (Å²) in [6.45, 7) is 1.98. The van der Waals surface area contributed by atoms with Crippen molar-refractivity contribution >= 4 is 29.1 Å². The first kappa shape index (κ1) is 20.5. The van der Waals surface area contributed by atoms with Crippen molar-refractivity contribution in [3.05, 3.63) is 71.3 Å². The number of carbonyl (C=O) groups is 3. The molecule has 5 nitrogen and oxygen atoms in total. The summed E-state index contributed by atoms with van der Waals surface area (Å²) in [6.07, 6.45) is -1.74. The Balaban J connectivity index is 1.41. The fourth-order valence-corrected chi connectivity index (χ4v) is 5.35. The molecule has 0 radical (unpaired) electrons. The summed E-state index contributed by atoms with van der Waals surface area (Å²) in [4.78, 5) is 40.0. The molecule has 1 saturated carbocycles. The minimum Gasteiger partial charge on any atom is -0.321 e. The maximum absolute atomic E-state index is 13.2. The van der Waals surface area contributed by atoms with E-state index >= 15 is 0 Å². The fourth-order valence-electron chi connectivity index (χ4n) is 5.35. The number of nitrogens with zero attached hydrogens (tertiary/aromatic N) is 1. The molecule has 8 heteroatoms. The second kappa shape index (κ2) is 7.05. The van der Waals surface area contributed by atoms with Gasteiger partial charge in [-0.1, -0.05) is 29.8 Å². The van der Waals surface area contributed by atoms with Crippen LogP contribution in [0.15, 0.2) is 60.2 Å². The van der Waals surface area contributed by atoms with Gasteiger partial charge in [0.05, 0.1) is 28.8 Å². The number of fused-ring (bicyclic) bond motifs is 5. The number of amides is 3. The Morgan fingerprint density at radius 3 is 2.50 bits per heavy atom. The van der Waals surface area contributed by atoms with E-state index in [0.717, 1.165) is 23.0 Å². The van der Waals surface area contributed by atoms with Crippen LogP contribution in [0.2, 0.25) is 0 Å². The number of imide groups is 1. The Labute approximate surface area is 181 Å². The number of rotatable bonds is 3. The van der Waals surface area contributed by atoms with Crippen LogP contribution in [0.25, 0.3) is 0 Å².